The van der Waals surface area contributed by atoms with Crippen molar-refractivity contribution in [1.82, 2.24) is 10.5 Å². The van der Waals surface area contributed by atoms with Gasteiger partial charge in [-0.2, -0.15) is 0 Å². The number of halogens is 2. The molecular weight excluding hydrogens is 392 g/mol. The summed E-state index contributed by atoms with van der Waals surface area (Å²) in [6, 6.07) is 3.86. The lowest BCUT2D eigenvalue weighted by atomic mass is 10.0. The highest BCUT2D eigenvalue weighted by Crippen LogP contribution is 2.28. The third-order valence-electron chi connectivity index (χ3n) is 5.29. The maximum Gasteiger partial charge on any atom is 0.249 e. The number of benzene rings is 1. The summed E-state index contributed by atoms with van der Waals surface area (Å²) in [7, 11) is 0. The van der Waals surface area contributed by atoms with Crippen LogP contribution in [0.4, 0.5) is 14.7 Å². The molecule has 1 saturated carbocycles. The monoisotopic (exact) mass is 419 g/mol. The first kappa shape index (κ1) is 21.9. The van der Waals surface area contributed by atoms with Crippen LogP contribution in [0.15, 0.2) is 28.8 Å². The van der Waals surface area contributed by atoms with Gasteiger partial charge in [0.2, 0.25) is 17.7 Å². The van der Waals surface area contributed by atoms with Crippen molar-refractivity contribution >= 4 is 17.7 Å². The van der Waals surface area contributed by atoms with Gasteiger partial charge in [0.05, 0.1) is 12.1 Å². The van der Waals surface area contributed by atoms with Crippen LogP contribution < -0.4 is 10.6 Å². The van der Waals surface area contributed by atoms with Crippen LogP contribution in [0.5, 0.6) is 0 Å². The molecule has 162 valence electrons. The average molecular weight is 419 g/mol. The molecule has 1 aromatic heterocycles. The summed E-state index contributed by atoms with van der Waals surface area (Å²) >= 11 is 0. The molecule has 2 aromatic rings. The van der Waals surface area contributed by atoms with E-state index in [2.05, 4.69) is 15.8 Å². The number of hydrogen-bond donors (Lipinski definition) is 2. The van der Waals surface area contributed by atoms with Crippen LogP contribution in [0.3, 0.4) is 0 Å². The van der Waals surface area contributed by atoms with Gasteiger partial charge in [-0.15, -0.1) is 0 Å². The highest BCUT2D eigenvalue weighted by Gasteiger charge is 2.23. The number of rotatable bonds is 9. The Hall–Kier alpha value is -2.77. The SMILES string of the molecule is CCCC(NC(=O)Cc1cc(F)cc(F)c1)C(=O)Nc1cc(CC2CCCC2)no1. The number of aromatic nitrogens is 1. The normalized spacial score (nSPS) is 15.2. The zero-order valence-corrected chi connectivity index (χ0v) is 17.0. The summed E-state index contributed by atoms with van der Waals surface area (Å²) in [5.74, 6) is -1.56. The molecule has 1 atom stereocenters. The van der Waals surface area contributed by atoms with E-state index >= 15 is 0 Å². The highest BCUT2D eigenvalue weighted by molar-refractivity contribution is 5.96. The van der Waals surface area contributed by atoms with Gasteiger partial charge < -0.3 is 9.84 Å². The maximum absolute atomic E-state index is 13.3. The van der Waals surface area contributed by atoms with Gasteiger partial charge in [0.25, 0.3) is 0 Å². The molecule has 2 amide bonds. The minimum Gasteiger partial charge on any atom is -0.344 e. The number of amides is 2. The number of carbonyl (C=O) groups is 2. The summed E-state index contributed by atoms with van der Waals surface area (Å²) in [5, 5.41) is 9.31. The fourth-order valence-corrected chi connectivity index (χ4v) is 3.89. The van der Waals surface area contributed by atoms with Crippen LogP contribution in [-0.2, 0) is 22.4 Å². The van der Waals surface area contributed by atoms with Gasteiger partial charge in [-0.25, -0.2) is 8.78 Å². The standard InChI is InChI=1S/C22H27F2N3O3/c1-2-5-19(25-20(28)11-15-8-16(23)12-17(24)9-15)22(29)26-21-13-18(27-30-21)10-14-6-3-4-7-14/h8-9,12-14,19H,2-7,10-11H2,1H3,(H,25,28)(H,26,29). The summed E-state index contributed by atoms with van der Waals surface area (Å²) in [6.45, 7) is 1.89. The number of nitrogens with one attached hydrogen (secondary N) is 2. The molecule has 0 aliphatic heterocycles. The van der Waals surface area contributed by atoms with E-state index in [1.165, 1.54) is 25.7 Å². The minimum absolute atomic E-state index is 0.201. The van der Waals surface area contributed by atoms with Gasteiger partial charge >= 0.3 is 0 Å². The summed E-state index contributed by atoms with van der Waals surface area (Å²) in [5.41, 5.74) is 1.01. The molecule has 1 fully saturated rings. The molecule has 30 heavy (non-hydrogen) atoms. The largest absolute Gasteiger partial charge is 0.344 e. The van der Waals surface area contributed by atoms with Crippen molar-refractivity contribution in [2.75, 3.05) is 5.32 Å². The Kier molecular flexibility index (Phi) is 7.54. The molecular formula is C22H27F2N3O3. The number of anilines is 1. The van der Waals surface area contributed by atoms with E-state index < -0.39 is 29.5 Å². The molecule has 1 aliphatic carbocycles. The quantitative estimate of drug-likeness (QED) is 0.640. The lowest BCUT2D eigenvalue weighted by molar-refractivity contribution is -0.126. The van der Waals surface area contributed by atoms with Crippen molar-refractivity contribution in [3.63, 3.8) is 0 Å². The predicted molar refractivity (Wildman–Crippen MR) is 108 cm³/mol. The van der Waals surface area contributed by atoms with Crippen LogP contribution in [0.2, 0.25) is 0 Å². The van der Waals surface area contributed by atoms with E-state index in [4.69, 9.17) is 4.52 Å². The number of carbonyl (C=O) groups excluding carboxylic acids is 2. The van der Waals surface area contributed by atoms with Gasteiger partial charge in [-0.05, 0) is 36.5 Å². The molecule has 1 unspecified atom stereocenters. The Balaban J connectivity index is 1.56. The van der Waals surface area contributed by atoms with Crippen molar-refractivity contribution in [1.29, 1.82) is 0 Å². The van der Waals surface area contributed by atoms with E-state index in [0.29, 0.717) is 18.8 Å². The second-order valence-corrected chi connectivity index (χ2v) is 7.89. The minimum atomic E-state index is -0.788. The Morgan fingerprint density at radius 1 is 1.17 bits per heavy atom. The first-order chi connectivity index (χ1) is 14.4. The Morgan fingerprint density at radius 2 is 1.87 bits per heavy atom. The zero-order chi connectivity index (χ0) is 21.5. The Morgan fingerprint density at radius 3 is 2.53 bits per heavy atom. The molecule has 1 aliphatic rings. The molecule has 1 heterocycles. The fourth-order valence-electron chi connectivity index (χ4n) is 3.89. The van der Waals surface area contributed by atoms with E-state index in [-0.39, 0.29) is 17.9 Å². The van der Waals surface area contributed by atoms with E-state index in [1.807, 2.05) is 6.92 Å². The van der Waals surface area contributed by atoms with Gasteiger partial charge in [0, 0.05) is 12.1 Å². The molecule has 0 saturated heterocycles. The highest BCUT2D eigenvalue weighted by atomic mass is 19.1. The molecule has 0 bridgehead atoms. The van der Waals surface area contributed by atoms with Crippen LogP contribution >= 0.6 is 0 Å². The van der Waals surface area contributed by atoms with E-state index in [0.717, 1.165) is 30.3 Å². The molecule has 0 spiro atoms. The van der Waals surface area contributed by atoms with Gasteiger partial charge in [-0.1, -0.05) is 44.2 Å². The predicted octanol–water partition coefficient (Wildman–Crippen LogP) is 4.15. The van der Waals surface area contributed by atoms with Crippen LogP contribution in [0.25, 0.3) is 0 Å². The van der Waals surface area contributed by atoms with Gasteiger partial charge in [-0.3, -0.25) is 14.9 Å². The molecule has 3 rings (SSSR count). The third kappa shape index (κ3) is 6.37. The van der Waals surface area contributed by atoms with Crippen molar-refractivity contribution in [2.45, 2.75) is 64.3 Å². The second kappa shape index (κ2) is 10.3. The average Bonchev–Trinajstić information content (AvgIpc) is 3.33. The third-order valence-corrected chi connectivity index (χ3v) is 5.29. The number of nitrogens with zero attached hydrogens (tertiary/aromatic N) is 1. The lowest BCUT2D eigenvalue weighted by Gasteiger charge is -2.17. The molecule has 0 radical (unpaired) electrons. The Labute approximate surface area is 174 Å². The maximum atomic E-state index is 13.3. The van der Waals surface area contributed by atoms with E-state index in [9.17, 15) is 18.4 Å². The number of hydrogen-bond acceptors (Lipinski definition) is 4. The summed E-state index contributed by atoms with van der Waals surface area (Å²) < 4.78 is 31.8. The summed E-state index contributed by atoms with van der Waals surface area (Å²) in [4.78, 5) is 24.9. The topological polar surface area (TPSA) is 84.2 Å². The van der Waals surface area contributed by atoms with Crippen molar-refractivity contribution < 1.29 is 22.9 Å². The molecule has 8 heteroatoms. The summed E-state index contributed by atoms with van der Waals surface area (Å²) in [6.07, 6.45) is 6.55. The van der Waals surface area contributed by atoms with Crippen molar-refractivity contribution in [3.05, 3.63) is 47.2 Å². The van der Waals surface area contributed by atoms with Gasteiger partial charge in [0.15, 0.2) is 0 Å². The van der Waals surface area contributed by atoms with E-state index in [1.54, 1.807) is 6.07 Å². The van der Waals surface area contributed by atoms with Crippen LogP contribution in [0.1, 0.15) is 56.7 Å². The molecule has 6 nitrogen and oxygen atoms in total. The second-order valence-electron chi connectivity index (χ2n) is 7.89. The fraction of sp³-hybridized carbons (Fsp3) is 0.500. The van der Waals surface area contributed by atoms with Crippen LogP contribution in [-0.4, -0.2) is 23.0 Å². The van der Waals surface area contributed by atoms with Crippen molar-refractivity contribution in [3.8, 4) is 0 Å². The lowest BCUT2D eigenvalue weighted by Crippen LogP contribution is -2.44. The molecule has 2 N–H and O–H groups in total. The van der Waals surface area contributed by atoms with Gasteiger partial charge in [0.1, 0.15) is 17.7 Å². The smallest absolute Gasteiger partial charge is 0.249 e. The van der Waals surface area contributed by atoms with Crippen molar-refractivity contribution in [2.24, 2.45) is 5.92 Å². The zero-order valence-electron chi connectivity index (χ0n) is 17.0. The first-order valence-corrected chi connectivity index (χ1v) is 10.4. The Bertz CT molecular complexity index is 858. The van der Waals surface area contributed by atoms with Crippen LogP contribution in [0, 0.1) is 17.6 Å². The molecule has 1 aromatic carbocycles. The first-order valence-electron chi connectivity index (χ1n) is 10.4.